The van der Waals surface area contributed by atoms with Crippen molar-refractivity contribution < 1.29 is 4.74 Å². The lowest BCUT2D eigenvalue weighted by Crippen LogP contribution is -2.34. The first kappa shape index (κ1) is 13.1. The summed E-state index contributed by atoms with van der Waals surface area (Å²) in [5.74, 6) is 0.784. The molecule has 0 spiro atoms. The van der Waals surface area contributed by atoms with Gasteiger partial charge in [-0.2, -0.15) is 15.0 Å². The van der Waals surface area contributed by atoms with Crippen molar-refractivity contribution in [1.82, 2.24) is 15.0 Å². The topological polar surface area (TPSA) is 77.2 Å². The lowest BCUT2D eigenvalue weighted by atomic mass is 10.0. The number of thiophene rings is 1. The third-order valence-electron chi connectivity index (χ3n) is 3.43. The molecule has 0 amide bonds. The Labute approximate surface area is 121 Å². The fraction of sp³-hybridized carbons (Fsp3) is 0.462. The fourth-order valence-electron chi connectivity index (χ4n) is 2.47. The summed E-state index contributed by atoms with van der Waals surface area (Å²) in [6, 6.07) is 2.70. The van der Waals surface area contributed by atoms with E-state index in [1.54, 1.807) is 0 Å². The molecule has 0 aromatic carbocycles. The van der Waals surface area contributed by atoms with E-state index >= 15 is 0 Å². The van der Waals surface area contributed by atoms with E-state index in [2.05, 4.69) is 38.2 Å². The highest BCUT2D eigenvalue weighted by molar-refractivity contribution is 7.10. The maximum absolute atomic E-state index is 5.75. The molecule has 0 saturated heterocycles. The fourth-order valence-corrected chi connectivity index (χ4v) is 3.43. The largest absolute Gasteiger partial charge is 0.464 e. The van der Waals surface area contributed by atoms with E-state index in [1.807, 2.05) is 18.3 Å². The van der Waals surface area contributed by atoms with Crippen molar-refractivity contribution in [3.05, 3.63) is 21.9 Å². The first-order valence-corrected chi connectivity index (χ1v) is 7.54. The van der Waals surface area contributed by atoms with Crippen molar-refractivity contribution in [3.63, 3.8) is 0 Å². The average Bonchev–Trinajstić information content (AvgIpc) is 2.88. The Morgan fingerprint density at radius 3 is 3.10 bits per heavy atom. The Morgan fingerprint density at radius 2 is 2.30 bits per heavy atom. The second kappa shape index (κ2) is 5.24. The molecular formula is C13H17N5OS. The minimum absolute atomic E-state index is 0.196. The quantitative estimate of drug-likeness (QED) is 0.932. The zero-order chi connectivity index (χ0) is 14.1. The zero-order valence-corrected chi connectivity index (χ0v) is 12.4. The van der Waals surface area contributed by atoms with E-state index in [0.717, 1.165) is 13.0 Å². The summed E-state index contributed by atoms with van der Waals surface area (Å²) in [6.07, 6.45) is 1.01. The molecule has 3 heterocycles. The third kappa shape index (κ3) is 2.29. The highest BCUT2D eigenvalue weighted by Gasteiger charge is 2.27. The predicted molar refractivity (Wildman–Crippen MR) is 79.2 cm³/mol. The number of hydrogen-bond donors (Lipinski definition) is 1. The predicted octanol–water partition coefficient (Wildman–Crippen LogP) is 2.04. The number of nitrogens with zero attached hydrogens (tertiary/aromatic N) is 4. The van der Waals surface area contributed by atoms with Gasteiger partial charge in [0.1, 0.15) is 0 Å². The van der Waals surface area contributed by atoms with Crippen LogP contribution >= 0.6 is 11.3 Å². The van der Waals surface area contributed by atoms with Gasteiger partial charge in [-0.15, -0.1) is 11.3 Å². The SMILES string of the molecule is CCOc1nc(N)nc(N2CCc3sccc3C2C)n1. The molecule has 0 aliphatic carbocycles. The third-order valence-corrected chi connectivity index (χ3v) is 4.42. The Morgan fingerprint density at radius 1 is 1.45 bits per heavy atom. The van der Waals surface area contributed by atoms with Crippen molar-refractivity contribution in [1.29, 1.82) is 0 Å². The first-order chi connectivity index (χ1) is 9.69. The van der Waals surface area contributed by atoms with Crippen LogP contribution in [0.1, 0.15) is 30.3 Å². The van der Waals surface area contributed by atoms with Gasteiger partial charge in [0.25, 0.3) is 0 Å². The molecule has 2 N–H and O–H groups in total. The van der Waals surface area contributed by atoms with Gasteiger partial charge < -0.3 is 15.4 Å². The summed E-state index contributed by atoms with van der Waals surface area (Å²) in [7, 11) is 0. The standard InChI is InChI=1S/C13H17N5OS/c1-3-19-13-16-11(14)15-12(17-13)18-6-4-10-9(8(18)2)5-7-20-10/h5,7-8H,3-4,6H2,1-2H3,(H2,14,15,16,17). The van der Waals surface area contributed by atoms with Crippen LogP contribution in [0.25, 0.3) is 0 Å². The van der Waals surface area contributed by atoms with Crippen molar-refractivity contribution in [3.8, 4) is 6.01 Å². The minimum Gasteiger partial charge on any atom is -0.464 e. The summed E-state index contributed by atoms with van der Waals surface area (Å²) in [4.78, 5) is 16.2. The van der Waals surface area contributed by atoms with E-state index in [9.17, 15) is 0 Å². The summed E-state index contributed by atoms with van der Waals surface area (Å²) >= 11 is 1.81. The van der Waals surface area contributed by atoms with Gasteiger partial charge in [0.2, 0.25) is 11.9 Å². The van der Waals surface area contributed by atoms with Crippen molar-refractivity contribution in [2.75, 3.05) is 23.8 Å². The van der Waals surface area contributed by atoms with Crippen LogP contribution in [0.4, 0.5) is 11.9 Å². The van der Waals surface area contributed by atoms with E-state index in [1.165, 1.54) is 10.4 Å². The van der Waals surface area contributed by atoms with E-state index in [0.29, 0.717) is 18.6 Å². The van der Waals surface area contributed by atoms with E-state index < -0.39 is 0 Å². The van der Waals surface area contributed by atoms with Gasteiger partial charge in [-0.05, 0) is 37.3 Å². The second-order valence-corrected chi connectivity index (χ2v) is 5.63. The Bertz CT molecular complexity index is 615. The van der Waals surface area contributed by atoms with E-state index in [4.69, 9.17) is 10.5 Å². The summed E-state index contributed by atoms with van der Waals surface area (Å²) in [5.41, 5.74) is 7.10. The molecule has 1 atom stereocenters. The first-order valence-electron chi connectivity index (χ1n) is 6.66. The van der Waals surface area contributed by atoms with Crippen LogP contribution in [0.3, 0.4) is 0 Å². The Hall–Kier alpha value is -1.89. The van der Waals surface area contributed by atoms with Crippen LogP contribution in [0.5, 0.6) is 6.01 Å². The summed E-state index contributed by atoms with van der Waals surface area (Å²) in [6.45, 7) is 5.43. The molecule has 0 radical (unpaired) electrons. The molecule has 3 rings (SSSR count). The summed E-state index contributed by atoms with van der Waals surface area (Å²) in [5, 5.41) is 2.14. The number of hydrogen-bond acceptors (Lipinski definition) is 7. The van der Waals surface area contributed by atoms with Crippen LogP contribution in [-0.4, -0.2) is 28.1 Å². The number of nitrogen functional groups attached to an aromatic ring is 1. The van der Waals surface area contributed by atoms with Gasteiger partial charge >= 0.3 is 6.01 Å². The van der Waals surface area contributed by atoms with Crippen LogP contribution < -0.4 is 15.4 Å². The normalized spacial score (nSPS) is 17.9. The Balaban J connectivity index is 1.93. The molecule has 106 valence electrons. The van der Waals surface area contributed by atoms with Gasteiger partial charge in [-0.25, -0.2) is 0 Å². The smallest absolute Gasteiger partial charge is 0.323 e. The van der Waals surface area contributed by atoms with Crippen LogP contribution in [0, 0.1) is 0 Å². The lowest BCUT2D eigenvalue weighted by molar-refractivity contribution is 0.311. The molecule has 1 unspecified atom stereocenters. The number of rotatable bonds is 3. The van der Waals surface area contributed by atoms with Crippen LogP contribution in [-0.2, 0) is 6.42 Å². The lowest BCUT2D eigenvalue weighted by Gasteiger charge is -2.33. The molecular weight excluding hydrogens is 274 g/mol. The number of aromatic nitrogens is 3. The maximum atomic E-state index is 5.75. The molecule has 0 fully saturated rings. The molecule has 6 nitrogen and oxygen atoms in total. The zero-order valence-electron chi connectivity index (χ0n) is 11.5. The molecule has 2 aromatic heterocycles. The van der Waals surface area contributed by atoms with Gasteiger partial charge in [-0.3, -0.25) is 0 Å². The van der Waals surface area contributed by atoms with Crippen molar-refractivity contribution >= 4 is 23.2 Å². The number of anilines is 2. The number of nitrogens with two attached hydrogens (primary N) is 1. The molecule has 2 aromatic rings. The average molecular weight is 291 g/mol. The molecule has 0 bridgehead atoms. The number of fused-ring (bicyclic) bond motifs is 1. The van der Waals surface area contributed by atoms with Crippen molar-refractivity contribution in [2.45, 2.75) is 26.3 Å². The summed E-state index contributed by atoms with van der Waals surface area (Å²) < 4.78 is 5.34. The monoisotopic (exact) mass is 291 g/mol. The van der Waals surface area contributed by atoms with Gasteiger partial charge in [0.15, 0.2) is 0 Å². The molecule has 1 aliphatic rings. The van der Waals surface area contributed by atoms with Crippen molar-refractivity contribution in [2.24, 2.45) is 0 Å². The van der Waals surface area contributed by atoms with Gasteiger partial charge in [0, 0.05) is 11.4 Å². The molecule has 0 saturated carbocycles. The maximum Gasteiger partial charge on any atom is 0.323 e. The highest BCUT2D eigenvalue weighted by atomic mass is 32.1. The number of ether oxygens (including phenoxy) is 1. The van der Waals surface area contributed by atoms with Gasteiger partial charge in [0.05, 0.1) is 12.6 Å². The van der Waals surface area contributed by atoms with Gasteiger partial charge in [-0.1, -0.05) is 0 Å². The Kier molecular flexibility index (Phi) is 3.43. The van der Waals surface area contributed by atoms with Crippen LogP contribution in [0.15, 0.2) is 11.4 Å². The molecule has 1 aliphatic heterocycles. The highest BCUT2D eigenvalue weighted by Crippen LogP contribution is 2.34. The second-order valence-electron chi connectivity index (χ2n) is 4.63. The molecule has 7 heteroatoms. The molecule has 20 heavy (non-hydrogen) atoms. The van der Waals surface area contributed by atoms with E-state index in [-0.39, 0.29) is 12.0 Å². The minimum atomic E-state index is 0.196. The van der Waals surface area contributed by atoms with Crippen LogP contribution in [0.2, 0.25) is 0 Å².